The van der Waals surface area contributed by atoms with Crippen LogP contribution < -0.4 is 19.7 Å². The van der Waals surface area contributed by atoms with E-state index in [1.54, 1.807) is 18.2 Å². The van der Waals surface area contributed by atoms with E-state index < -0.39 is 29.7 Å². The van der Waals surface area contributed by atoms with Gasteiger partial charge in [-0.1, -0.05) is 0 Å². The Morgan fingerprint density at radius 2 is 1.96 bits per heavy atom. The molecule has 0 aliphatic carbocycles. The molecule has 0 bridgehead atoms. The molecule has 0 spiro atoms. The van der Waals surface area contributed by atoms with Crippen LogP contribution in [0.25, 0.3) is 0 Å². The first kappa shape index (κ1) is 17.1. The zero-order chi connectivity index (χ0) is 19.0. The van der Waals surface area contributed by atoms with Crippen LogP contribution in [0.1, 0.15) is 10.4 Å². The highest BCUT2D eigenvalue weighted by atomic mass is 19.1. The van der Waals surface area contributed by atoms with Gasteiger partial charge in [0.2, 0.25) is 6.79 Å². The fourth-order valence-electron chi connectivity index (χ4n) is 2.87. The van der Waals surface area contributed by atoms with Crippen molar-refractivity contribution < 1.29 is 32.6 Å². The number of nitrogens with zero attached hydrogens (tertiary/aromatic N) is 1. The molecule has 2 aromatic carbocycles. The molecule has 1 saturated heterocycles. The van der Waals surface area contributed by atoms with Gasteiger partial charge in [-0.25, -0.2) is 13.6 Å². The van der Waals surface area contributed by atoms with Crippen molar-refractivity contribution in [3.63, 3.8) is 0 Å². The quantitative estimate of drug-likeness (QED) is 0.887. The van der Waals surface area contributed by atoms with Crippen LogP contribution in [0, 0.1) is 11.6 Å². The van der Waals surface area contributed by atoms with Crippen LogP contribution in [0.5, 0.6) is 11.5 Å². The van der Waals surface area contributed by atoms with Crippen LogP contribution in [0.2, 0.25) is 0 Å². The summed E-state index contributed by atoms with van der Waals surface area (Å²) in [6.45, 7) is 0.310. The summed E-state index contributed by atoms with van der Waals surface area (Å²) in [5, 5.41) is 2.49. The number of cyclic esters (lactones) is 1. The molecule has 2 aliphatic heterocycles. The number of amides is 2. The van der Waals surface area contributed by atoms with E-state index in [0.717, 1.165) is 12.1 Å². The number of hydrogen-bond donors (Lipinski definition) is 1. The summed E-state index contributed by atoms with van der Waals surface area (Å²) in [6, 6.07) is 7.74. The molecule has 1 fully saturated rings. The van der Waals surface area contributed by atoms with Crippen LogP contribution in [-0.4, -0.2) is 38.0 Å². The third-order valence-corrected chi connectivity index (χ3v) is 4.21. The maximum Gasteiger partial charge on any atom is 0.414 e. The van der Waals surface area contributed by atoms with E-state index >= 15 is 0 Å². The molecule has 140 valence electrons. The summed E-state index contributed by atoms with van der Waals surface area (Å²) in [7, 11) is 0. The Balaban J connectivity index is 1.39. The SMILES string of the molecule is O=C(NC[C@H]1CN(c2ccc3c(c2)OCO3)C(=O)O1)c1ccc(F)cc1F. The number of fused-ring (bicyclic) bond motifs is 1. The van der Waals surface area contributed by atoms with Gasteiger partial charge >= 0.3 is 6.09 Å². The van der Waals surface area contributed by atoms with E-state index in [2.05, 4.69) is 5.32 Å². The molecule has 0 aromatic heterocycles. The average molecular weight is 376 g/mol. The van der Waals surface area contributed by atoms with Crippen molar-refractivity contribution in [2.24, 2.45) is 0 Å². The number of hydrogen-bond acceptors (Lipinski definition) is 5. The molecule has 9 heteroatoms. The number of rotatable bonds is 4. The molecule has 7 nitrogen and oxygen atoms in total. The van der Waals surface area contributed by atoms with Gasteiger partial charge in [-0.15, -0.1) is 0 Å². The van der Waals surface area contributed by atoms with Crippen molar-refractivity contribution in [2.75, 3.05) is 24.8 Å². The number of carbonyl (C=O) groups is 2. The molecular weight excluding hydrogens is 362 g/mol. The van der Waals surface area contributed by atoms with Gasteiger partial charge in [0, 0.05) is 12.1 Å². The lowest BCUT2D eigenvalue weighted by atomic mass is 10.2. The maximum absolute atomic E-state index is 13.6. The number of ether oxygens (including phenoxy) is 3. The van der Waals surface area contributed by atoms with Crippen LogP contribution in [0.15, 0.2) is 36.4 Å². The van der Waals surface area contributed by atoms with Gasteiger partial charge in [0.15, 0.2) is 11.5 Å². The number of nitrogens with one attached hydrogen (secondary N) is 1. The van der Waals surface area contributed by atoms with Gasteiger partial charge in [-0.3, -0.25) is 9.69 Å². The van der Waals surface area contributed by atoms with Crippen LogP contribution in [0.4, 0.5) is 19.3 Å². The zero-order valence-electron chi connectivity index (χ0n) is 13.9. The van der Waals surface area contributed by atoms with Crippen molar-refractivity contribution in [3.8, 4) is 11.5 Å². The second kappa shape index (κ2) is 6.75. The second-order valence-electron chi connectivity index (χ2n) is 5.99. The van der Waals surface area contributed by atoms with Crippen molar-refractivity contribution in [3.05, 3.63) is 53.6 Å². The van der Waals surface area contributed by atoms with Crippen LogP contribution >= 0.6 is 0 Å². The lowest BCUT2D eigenvalue weighted by molar-refractivity contribution is 0.0912. The Morgan fingerprint density at radius 1 is 1.15 bits per heavy atom. The summed E-state index contributed by atoms with van der Waals surface area (Å²) in [4.78, 5) is 25.5. The van der Waals surface area contributed by atoms with Gasteiger partial charge in [0.1, 0.15) is 17.7 Å². The Kier molecular flexibility index (Phi) is 4.27. The van der Waals surface area contributed by atoms with Gasteiger partial charge in [-0.2, -0.15) is 0 Å². The van der Waals surface area contributed by atoms with Gasteiger partial charge < -0.3 is 19.5 Å². The summed E-state index contributed by atoms with van der Waals surface area (Å²) in [6.07, 6.45) is -1.18. The Morgan fingerprint density at radius 3 is 2.78 bits per heavy atom. The van der Waals surface area contributed by atoms with Crippen molar-refractivity contribution >= 4 is 17.7 Å². The topological polar surface area (TPSA) is 77.1 Å². The smallest absolute Gasteiger partial charge is 0.414 e. The lowest BCUT2D eigenvalue weighted by Crippen LogP contribution is -2.35. The minimum atomic E-state index is -0.960. The van der Waals surface area contributed by atoms with E-state index in [1.807, 2.05) is 0 Å². The summed E-state index contributed by atoms with van der Waals surface area (Å²) < 4.78 is 42.3. The van der Waals surface area contributed by atoms with E-state index in [-0.39, 0.29) is 25.4 Å². The Labute approximate surface area is 152 Å². The molecule has 0 unspecified atom stereocenters. The van der Waals surface area contributed by atoms with Gasteiger partial charge in [0.25, 0.3) is 5.91 Å². The fraction of sp³-hybridized carbons (Fsp3) is 0.222. The van der Waals surface area contributed by atoms with E-state index in [4.69, 9.17) is 14.2 Å². The molecule has 0 saturated carbocycles. The molecule has 1 N–H and O–H groups in total. The van der Waals surface area contributed by atoms with Crippen molar-refractivity contribution in [1.82, 2.24) is 5.32 Å². The maximum atomic E-state index is 13.6. The molecule has 27 heavy (non-hydrogen) atoms. The highest BCUT2D eigenvalue weighted by Gasteiger charge is 2.33. The van der Waals surface area contributed by atoms with E-state index in [9.17, 15) is 18.4 Å². The Bertz CT molecular complexity index is 921. The third-order valence-electron chi connectivity index (χ3n) is 4.21. The first-order valence-electron chi connectivity index (χ1n) is 8.12. The number of benzene rings is 2. The highest BCUT2D eigenvalue weighted by Crippen LogP contribution is 2.36. The Hall–Kier alpha value is -3.36. The number of anilines is 1. The molecule has 2 heterocycles. The molecule has 2 amide bonds. The molecule has 1 atom stereocenters. The van der Waals surface area contributed by atoms with Crippen molar-refractivity contribution in [2.45, 2.75) is 6.10 Å². The summed E-state index contributed by atoms with van der Waals surface area (Å²) >= 11 is 0. The fourth-order valence-corrected chi connectivity index (χ4v) is 2.87. The second-order valence-corrected chi connectivity index (χ2v) is 5.99. The molecule has 4 rings (SSSR count). The largest absolute Gasteiger partial charge is 0.454 e. The van der Waals surface area contributed by atoms with E-state index in [1.165, 1.54) is 4.90 Å². The molecular formula is C18H14F2N2O5. The minimum absolute atomic E-state index is 0.0115. The number of carbonyl (C=O) groups excluding carboxylic acids is 2. The normalized spacial score (nSPS) is 17.8. The average Bonchev–Trinajstić information content (AvgIpc) is 3.25. The predicted octanol–water partition coefficient (Wildman–Crippen LogP) is 2.45. The van der Waals surface area contributed by atoms with Crippen molar-refractivity contribution in [1.29, 1.82) is 0 Å². The monoisotopic (exact) mass is 376 g/mol. The minimum Gasteiger partial charge on any atom is -0.454 e. The molecule has 2 aliphatic rings. The van der Waals surface area contributed by atoms with Crippen LogP contribution in [-0.2, 0) is 4.74 Å². The highest BCUT2D eigenvalue weighted by molar-refractivity contribution is 5.94. The van der Waals surface area contributed by atoms with E-state index in [0.29, 0.717) is 23.3 Å². The first-order valence-corrected chi connectivity index (χ1v) is 8.12. The summed E-state index contributed by atoms with van der Waals surface area (Å²) in [5.41, 5.74) is 0.288. The molecule has 2 aromatic rings. The lowest BCUT2D eigenvalue weighted by Gasteiger charge is -2.13. The predicted molar refractivity (Wildman–Crippen MR) is 88.9 cm³/mol. The standard InChI is InChI=1S/C18H14F2N2O5/c19-10-1-3-13(14(20)5-10)17(23)21-7-12-8-22(18(24)27-12)11-2-4-15-16(6-11)26-9-25-15/h1-6,12H,7-9H2,(H,21,23)/t12-/m0/s1. The number of halogens is 2. The van der Waals surface area contributed by atoms with Crippen LogP contribution in [0.3, 0.4) is 0 Å². The summed E-state index contributed by atoms with van der Waals surface area (Å²) in [5.74, 6) is -1.32. The molecule has 0 radical (unpaired) electrons. The van der Waals surface area contributed by atoms with Gasteiger partial charge in [0.05, 0.1) is 24.3 Å². The third kappa shape index (κ3) is 3.35. The first-order chi connectivity index (χ1) is 13.0. The zero-order valence-corrected chi connectivity index (χ0v) is 13.9. The van der Waals surface area contributed by atoms with Gasteiger partial charge in [-0.05, 0) is 24.3 Å².